The molecule has 0 saturated carbocycles. The van der Waals surface area contributed by atoms with Crippen molar-refractivity contribution in [2.24, 2.45) is 0 Å². The van der Waals surface area contributed by atoms with E-state index in [4.69, 9.17) is 5.73 Å². The van der Waals surface area contributed by atoms with Crippen molar-refractivity contribution in [1.82, 2.24) is 9.97 Å². The highest BCUT2D eigenvalue weighted by Gasteiger charge is 2.05. The van der Waals surface area contributed by atoms with Gasteiger partial charge < -0.3 is 10.7 Å². The molecule has 0 aliphatic rings. The second kappa shape index (κ2) is 5.04. The number of anilines is 1. The summed E-state index contributed by atoms with van der Waals surface area (Å²) >= 11 is 0. The van der Waals surface area contributed by atoms with Crippen LogP contribution in [0.1, 0.15) is 25.2 Å². The van der Waals surface area contributed by atoms with E-state index in [1.807, 2.05) is 25.1 Å². The largest absolute Gasteiger partial charge is 0.398 e. The zero-order chi connectivity index (χ0) is 13.1. The molecule has 4 heteroatoms. The van der Waals surface area contributed by atoms with Gasteiger partial charge in [0.15, 0.2) is 0 Å². The monoisotopic (exact) mass is 243 g/mol. The summed E-state index contributed by atoms with van der Waals surface area (Å²) in [6, 6.07) is 7.31. The van der Waals surface area contributed by atoms with Crippen LogP contribution >= 0.6 is 0 Å². The molecule has 0 aliphatic heterocycles. The molecule has 1 aromatic heterocycles. The number of nitrogens with one attached hydrogen (secondary N) is 1. The van der Waals surface area contributed by atoms with Gasteiger partial charge >= 0.3 is 0 Å². The minimum Gasteiger partial charge on any atom is -0.398 e. The molecule has 94 valence electrons. The topological polar surface area (TPSA) is 71.8 Å². The van der Waals surface area contributed by atoms with Crippen LogP contribution in [-0.4, -0.2) is 9.97 Å². The third-order valence-electron chi connectivity index (χ3n) is 2.95. The summed E-state index contributed by atoms with van der Waals surface area (Å²) in [5.41, 5.74) is 9.24. The van der Waals surface area contributed by atoms with Crippen molar-refractivity contribution in [3.05, 3.63) is 46.0 Å². The summed E-state index contributed by atoms with van der Waals surface area (Å²) in [6.07, 6.45) is 1.60. The quantitative estimate of drug-likeness (QED) is 0.811. The SMILES string of the molecule is CCc1nc(-c2ccc(CC)c(N)c2)cc(=O)[nH]1. The number of hydrogen-bond acceptors (Lipinski definition) is 3. The number of benzene rings is 1. The third-order valence-corrected chi connectivity index (χ3v) is 2.95. The Morgan fingerprint density at radius 3 is 2.61 bits per heavy atom. The Labute approximate surface area is 106 Å². The normalized spacial score (nSPS) is 10.6. The number of nitrogens with two attached hydrogens (primary N) is 1. The molecule has 0 amide bonds. The lowest BCUT2D eigenvalue weighted by Crippen LogP contribution is -2.10. The molecule has 4 nitrogen and oxygen atoms in total. The van der Waals surface area contributed by atoms with Crippen molar-refractivity contribution in [2.45, 2.75) is 26.7 Å². The number of nitrogen functional groups attached to an aromatic ring is 1. The molecule has 1 heterocycles. The summed E-state index contributed by atoms with van der Waals surface area (Å²) in [4.78, 5) is 18.6. The molecule has 0 unspecified atom stereocenters. The summed E-state index contributed by atoms with van der Waals surface area (Å²) in [5, 5.41) is 0. The van der Waals surface area contributed by atoms with Gasteiger partial charge in [-0.15, -0.1) is 0 Å². The number of hydrogen-bond donors (Lipinski definition) is 2. The number of aromatic nitrogens is 2. The molecular formula is C14H17N3O. The molecule has 0 radical (unpaired) electrons. The van der Waals surface area contributed by atoms with Crippen LogP contribution in [0.25, 0.3) is 11.3 Å². The van der Waals surface area contributed by atoms with Crippen molar-refractivity contribution >= 4 is 5.69 Å². The maximum Gasteiger partial charge on any atom is 0.251 e. The summed E-state index contributed by atoms with van der Waals surface area (Å²) in [7, 11) is 0. The fraction of sp³-hybridized carbons (Fsp3) is 0.286. The number of nitrogens with zero attached hydrogens (tertiary/aromatic N) is 1. The van der Waals surface area contributed by atoms with Gasteiger partial charge in [-0.1, -0.05) is 26.0 Å². The number of aromatic amines is 1. The van der Waals surface area contributed by atoms with Gasteiger partial charge in [-0.2, -0.15) is 0 Å². The molecule has 2 rings (SSSR count). The molecular weight excluding hydrogens is 226 g/mol. The van der Waals surface area contributed by atoms with Crippen LogP contribution in [0.3, 0.4) is 0 Å². The Kier molecular flexibility index (Phi) is 3.46. The summed E-state index contributed by atoms with van der Waals surface area (Å²) < 4.78 is 0. The summed E-state index contributed by atoms with van der Waals surface area (Å²) in [6.45, 7) is 4.02. The Hall–Kier alpha value is -2.10. The summed E-state index contributed by atoms with van der Waals surface area (Å²) in [5.74, 6) is 0.690. The highest BCUT2D eigenvalue weighted by molar-refractivity contribution is 5.66. The van der Waals surface area contributed by atoms with Gasteiger partial charge in [0, 0.05) is 23.7 Å². The van der Waals surface area contributed by atoms with Gasteiger partial charge in [-0.3, -0.25) is 4.79 Å². The van der Waals surface area contributed by atoms with Crippen LogP contribution in [0.5, 0.6) is 0 Å². The molecule has 0 bridgehead atoms. The van der Waals surface area contributed by atoms with Gasteiger partial charge in [-0.05, 0) is 18.1 Å². The van der Waals surface area contributed by atoms with Crippen LogP contribution in [0.4, 0.5) is 5.69 Å². The first kappa shape index (κ1) is 12.4. The van der Waals surface area contributed by atoms with Crippen LogP contribution in [0, 0.1) is 0 Å². The molecule has 0 saturated heterocycles. The highest BCUT2D eigenvalue weighted by atomic mass is 16.1. The molecule has 0 atom stereocenters. The highest BCUT2D eigenvalue weighted by Crippen LogP contribution is 2.22. The maximum atomic E-state index is 11.5. The zero-order valence-electron chi connectivity index (χ0n) is 10.7. The molecule has 0 aliphatic carbocycles. The molecule has 0 fully saturated rings. The zero-order valence-corrected chi connectivity index (χ0v) is 10.7. The number of H-pyrrole nitrogens is 1. The van der Waals surface area contributed by atoms with Gasteiger partial charge in [0.05, 0.1) is 5.69 Å². The van der Waals surface area contributed by atoms with Crippen LogP contribution < -0.4 is 11.3 Å². The average Bonchev–Trinajstić information content (AvgIpc) is 2.37. The van der Waals surface area contributed by atoms with Crippen LogP contribution in [0.2, 0.25) is 0 Å². The van der Waals surface area contributed by atoms with Gasteiger partial charge in [0.25, 0.3) is 5.56 Å². The van der Waals surface area contributed by atoms with E-state index in [2.05, 4.69) is 16.9 Å². The first-order valence-corrected chi connectivity index (χ1v) is 6.13. The first-order valence-electron chi connectivity index (χ1n) is 6.13. The average molecular weight is 243 g/mol. The molecule has 0 spiro atoms. The van der Waals surface area contributed by atoms with E-state index in [9.17, 15) is 4.79 Å². The Bertz CT molecular complexity index is 617. The molecule has 18 heavy (non-hydrogen) atoms. The molecule has 1 aromatic carbocycles. The number of rotatable bonds is 3. The fourth-order valence-electron chi connectivity index (χ4n) is 1.90. The van der Waals surface area contributed by atoms with E-state index in [1.54, 1.807) is 0 Å². The van der Waals surface area contributed by atoms with Crippen molar-refractivity contribution in [3.8, 4) is 11.3 Å². The maximum absolute atomic E-state index is 11.5. The number of aryl methyl sites for hydroxylation is 2. The Morgan fingerprint density at radius 2 is 2.00 bits per heavy atom. The van der Waals surface area contributed by atoms with Crippen LogP contribution in [-0.2, 0) is 12.8 Å². The van der Waals surface area contributed by atoms with E-state index in [0.29, 0.717) is 17.9 Å². The Morgan fingerprint density at radius 1 is 1.22 bits per heavy atom. The smallest absolute Gasteiger partial charge is 0.251 e. The molecule has 3 N–H and O–H groups in total. The second-order valence-electron chi connectivity index (χ2n) is 4.20. The van der Waals surface area contributed by atoms with Crippen molar-refractivity contribution in [3.63, 3.8) is 0 Å². The van der Waals surface area contributed by atoms with Gasteiger partial charge in [0.2, 0.25) is 0 Å². The van der Waals surface area contributed by atoms with Crippen molar-refractivity contribution in [1.29, 1.82) is 0 Å². The minimum absolute atomic E-state index is 0.130. The van der Waals surface area contributed by atoms with E-state index < -0.39 is 0 Å². The van der Waals surface area contributed by atoms with Crippen molar-refractivity contribution in [2.75, 3.05) is 5.73 Å². The van der Waals surface area contributed by atoms with Gasteiger partial charge in [0.1, 0.15) is 5.82 Å². The standard InChI is InChI=1S/C14H17N3O/c1-3-9-5-6-10(7-11(9)15)12-8-14(18)17-13(4-2)16-12/h5-8H,3-4,15H2,1-2H3,(H,16,17,18). The minimum atomic E-state index is -0.130. The lowest BCUT2D eigenvalue weighted by molar-refractivity contribution is 0.924. The van der Waals surface area contributed by atoms with E-state index in [-0.39, 0.29) is 5.56 Å². The third kappa shape index (κ3) is 2.42. The van der Waals surface area contributed by atoms with E-state index in [1.165, 1.54) is 6.07 Å². The lowest BCUT2D eigenvalue weighted by atomic mass is 10.1. The Balaban J connectivity index is 2.51. The van der Waals surface area contributed by atoms with Gasteiger partial charge in [-0.25, -0.2) is 4.98 Å². The van der Waals surface area contributed by atoms with Crippen LogP contribution in [0.15, 0.2) is 29.1 Å². The van der Waals surface area contributed by atoms with Crippen molar-refractivity contribution < 1.29 is 0 Å². The predicted molar refractivity (Wildman–Crippen MR) is 73.5 cm³/mol. The lowest BCUT2D eigenvalue weighted by Gasteiger charge is -2.07. The fourth-order valence-corrected chi connectivity index (χ4v) is 1.90. The first-order chi connectivity index (χ1) is 8.63. The van der Waals surface area contributed by atoms with E-state index in [0.717, 1.165) is 23.2 Å². The molecule has 2 aromatic rings. The van der Waals surface area contributed by atoms with E-state index >= 15 is 0 Å². The second-order valence-corrected chi connectivity index (χ2v) is 4.20. The predicted octanol–water partition coefficient (Wildman–Crippen LogP) is 2.14.